The number of hydrogen-bond acceptors (Lipinski definition) is 16. The molecule has 3 heterocycles. The zero-order valence-electron chi connectivity index (χ0n) is 25.4. The van der Waals surface area contributed by atoms with Crippen molar-refractivity contribution < 1.29 is 19.5 Å². The molecule has 18 nitrogen and oxygen atoms in total. The average molecular weight is 657 g/mol. The second-order valence-electron chi connectivity index (χ2n) is 8.84. The third-order valence-electron chi connectivity index (χ3n) is 5.43. The van der Waals surface area contributed by atoms with E-state index in [4.69, 9.17) is 38.7 Å². The van der Waals surface area contributed by atoms with Gasteiger partial charge in [0, 0.05) is 28.2 Å². The molecule has 3 aromatic heterocycles. The number of amidine groups is 1. The van der Waals surface area contributed by atoms with Gasteiger partial charge in [-0.05, 0) is 63.7 Å². The van der Waals surface area contributed by atoms with Gasteiger partial charge in [-0.15, -0.1) is 16.4 Å². The lowest BCUT2D eigenvalue weighted by atomic mass is 10.1. The van der Waals surface area contributed by atoms with Gasteiger partial charge in [0.05, 0.1) is 23.4 Å². The number of aromatic nitrogens is 4. The van der Waals surface area contributed by atoms with Gasteiger partial charge in [-0.2, -0.15) is 9.97 Å². The molecule has 1 aromatic carbocycles. The Labute approximate surface area is 269 Å². The summed E-state index contributed by atoms with van der Waals surface area (Å²) >= 11 is 1.69. The third kappa shape index (κ3) is 14.2. The van der Waals surface area contributed by atoms with Crippen molar-refractivity contribution in [3.8, 4) is 0 Å². The number of carboxylic acid groups (broad SMARTS) is 1. The van der Waals surface area contributed by atoms with E-state index in [1.807, 2.05) is 18.6 Å². The molecule has 1 amide bonds. The number of unbranched alkanes of at least 4 members (excludes halogenated alkanes) is 1. The summed E-state index contributed by atoms with van der Waals surface area (Å²) in [5, 5.41) is 20.4. The Balaban J connectivity index is 0.000000356. The van der Waals surface area contributed by atoms with Crippen LogP contribution in [0.1, 0.15) is 39.3 Å². The fourth-order valence-electron chi connectivity index (χ4n) is 3.39. The van der Waals surface area contributed by atoms with E-state index in [9.17, 15) is 9.59 Å². The minimum absolute atomic E-state index is 0.101. The molecule has 0 bridgehead atoms. The van der Waals surface area contributed by atoms with Crippen molar-refractivity contribution in [2.75, 3.05) is 42.7 Å². The first kappa shape index (κ1) is 38.4. The summed E-state index contributed by atoms with van der Waals surface area (Å²) in [6.07, 6.45) is 5.24. The molecule has 0 atom stereocenters. The summed E-state index contributed by atoms with van der Waals surface area (Å²) in [7, 11) is 1.92. The molecule has 0 aliphatic rings. The van der Waals surface area contributed by atoms with E-state index in [2.05, 4.69) is 54.0 Å². The Bertz CT molecular complexity index is 1550. The highest BCUT2D eigenvalue weighted by molar-refractivity contribution is 7.16. The number of hydrazine groups is 1. The van der Waals surface area contributed by atoms with Crippen LogP contribution in [-0.4, -0.2) is 70.2 Å². The lowest BCUT2D eigenvalue weighted by Crippen LogP contribution is -2.24. The zero-order chi connectivity index (χ0) is 34.3. The lowest BCUT2D eigenvalue weighted by molar-refractivity contribution is -0.122. The Morgan fingerprint density at radius 2 is 1.76 bits per heavy atom. The maximum atomic E-state index is 10.6. The third-order valence-corrected chi connectivity index (χ3v) is 6.39. The number of benzene rings is 1. The number of hydrazone groups is 1. The number of amides is 1. The van der Waals surface area contributed by atoms with Gasteiger partial charge in [-0.25, -0.2) is 21.3 Å². The van der Waals surface area contributed by atoms with E-state index in [-0.39, 0.29) is 24.1 Å². The fraction of sp³-hybridized carbons (Fsp3) is 0.259. The maximum Gasteiger partial charge on any atom is 0.290 e. The average Bonchev–Trinajstić information content (AvgIpc) is 3.46. The van der Waals surface area contributed by atoms with Gasteiger partial charge in [-0.3, -0.25) is 14.4 Å². The van der Waals surface area contributed by atoms with Crippen molar-refractivity contribution in [2.24, 2.45) is 16.7 Å². The number of thiophene rings is 1. The second kappa shape index (κ2) is 21.9. The van der Waals surface area contributed by atoms with Crippen LogP contribution >= 0.6 is 11.3 Å². The smallest absolute Gasteiger partial charge is 0.290 e. The molecule has 4 aromatic rings. The Kier molecular flexibility index (Phi) is 18.3. The number of anilines is 4. The van der Waals surface area contributed by atoms with Crippen molar-refractivity contribution in [3.63, 3.8) is 0 Å². The number of nitrogens with one attached hydrogen (secondary N) is 4. The number of rotatable bonds is 12. The van der Waals surface area contributed by atoms with Crippen molar-refractivity contribution in [2.45, 2.75) is 26.3 Å². The topological polar surface area (TPSA) is 314 Å². The number of nitrogens with two attached hydrogens (primary N) is 5. The first-order valence-corrected chi connectivity index (χ1v) is 14.3. The van der Waals surface area contributed by atoms with Crippen LogP contribution in [0.5, 0.6) is 0 Å². The summed E-state index contributed by atoms with van der Waals surface area (Å²) in [6, 6.07) is 8.83. The highest BCUT2D eigenvalue weighted by Gasteiger charge is 2.08. The van der Waals surface area contributed by atoms with E-state index in [1.54, 1.807) is 35.7 Å². The normalized spacial score (nSPS) is 10.1. The molecule has 46 heavy (non-hydrogen) atoms. The number of hydrogen-bond donors (Lipinski definition) is 10. The molecule has 0 spiro atoms. The number of aryl methyl sites for hydroxylation is 1. The number of nitrogens with zero attached hydrogens (tertiary/aromatic N) is 5. The molecular weight excluding hydrogens is 616 g/mol. The van der Waals surface area contributed by atoms with Gasteiger partial charge in [0.25, 0.3) is 6.47 Å². The molecule has 0 fully saturated rings. The second-order valence-corrected chi connectivity index (χ2v) is 10.1. The predicted octanol–water partition coefficient (Wildman–Crippen LogP) is 0.164. The number of fused-ring (bicyclic) bond motifs is 1. The summed E-state index contributed by atoms with van der Waals surface area (Å²) in [6.45, 7) is 4.20. The Hall–Kier alpha value is -5.66. The largest absolute Gasteiger partial charge is 0.483 e. The maximum absolute atomic E-state index is 10.6. The molecule has 15 N–H and O–H groups in total. The van der Waals surface area contributed by atoms with Crippen LogP contribution < -0.4 is 50.3 Å². The number of nitrogen functional groups attached to an aromatic ring is 3. The first-order chi connectivity index (χ1) is 22.1. The summed E-state index contributed by atoms with van der Waals surface area (Å²) in [5.74, 6) is 5.42. The molecule has 248 valence electrons. The molecule has 0 aliphatic heterocycles. The van der Waals surface area contributed by atoms with Gasteiger partial charge in [-0.1, -0.05) is 0 Å². The van der Waals surface area contributed by atoms with E-state index in [0.717, 1.165) is 43.0 Å². The van der Waals surface area contributed by atoms with Crippen LogP contribution in [0.4, 0.5) is 22.5 Å². The molecular formula is C27H40N14O4S. The van der Waals surface area contributed by atoms with E-state index in [1.165, 1.54) is 4.88 Å². The van der Waals surface area contributed by atoms with Crippen molar-refractivity contribution in [1.82, 2.24) is 36.1 Å². The molecule has 0 saturated carbocycles. The quantitative estimate of drug-likeness (QED) is 0.0185. The van der Waals surface area contributed by atoms with Gasteiger partial charge >= 0.3 is 0 Å². The van der Waals surface area contributed by atoms with Crippen LogP contribution in [0, 0.1) is 6.92 Å². The molecule has 0 saturated heterocycles. The highest BCUT2D eigenvalue weighted by Crippen LogP contribution is 2.21. The molecule has 0 unspecified atom stereocenters. The van der Waals surface area contributed by atoms with E-state index in [0.29, 0.717) is 40.8 Å². The van der Waals surface area contributed by atoms with Gasteiger partial charge < -0.3 is 44.0 Å². The van der Waals surface area contributed by atoms with Crippen LogP contribution in [0.25, 0.3) is 11.2 Å². The van der Waals surface area contributed by atoms with Gasteiger partial charge in [0.1, 0.15) is 0 Å². The van der Waals surface area contributed by atoms with Crippen LogP contribution in [0.2, 0.25) is 0 Å². The van der Waals surface area contributed by atoms with Gasteiger partial charge in [0.2, 0.25) is 12.4 Å². The molecule has 0 aliphatic carbocycles. The Morgan fingerprint density at radius 1 is 1.04 bits per heavy atom. The number of carbonyl (C=O) groups is 3. The lowest BCUT2D eigenvalue weighted by Gasteiger charge is -2.05. The Morgan fingerprint density at radius 3 is 2.37 bits per heavy atom. The number of carbonyl (C=O) groups excluding carboxylic acids is 2. The van der Waals surface area contributed by atoms with Crippen LogP contribution in [-0.2, 0) is 16.1 Å². The summed E-state index contributed by atoms with van der Waals surface area (Å²) < 4.78 is 0. The first-order valence-electron chi connectivity index (χ1n) is 13.5. The predicted molar refractivity (Wildman–Crippen MR) is 181 cm³/mol. The van der Waals surface area contributed by atoms with Crippen LogP contribution in [0.3, 0.4) is 0 Å². The minimum Gasteiger partial charge on any atom is -0.483 e. The molecule has 0 radical (unpaired) electrons. The highest BCUT2D eigenvalue weighted by atomic mass is 32.1. The van der Waals surface area contributed by atoms with Crippen molar-refractivity contribution >= 4 is 70.0 Å². The summed E-state index contributed by atoms with van der Waals surface area (Å²) in [5.41, 5.74) is 27.4. The van der Waals surface area contributed by atoms with Gasteiger partial charge in [0.15, 0.2) is 29.1 Å². The fourth-order valence-corrected chi connectivity index (χ4v) is 4.15. The minimum atomic E-state index is -0.250. The van der Waals surface area contributed by atoms with Crippen LogP contribution in [0.15, 0.2) is 41.6 Å². The van der Waals surface area contributed by atoms with Crippen molar-refractivity contribution in [1.29, 1.82) is 0 Å². The monoisotopic (exact) mass is 656 g/mol. The van der Waals surface area contributed by atoms with E-state index < -0.39 is 0 Å². The zero-order valence-corrected chi connectivity index (χ0v) is 26.3. The molecule has 4 rings (SSSR count). The SMILES string of the molecule is CNCCCCNC=O.Cc1ccc(NCc2cnc3nc(N)nc(N)c3n2)s1.NN/N=C(\N)c1cc(N)ccc1C=O.O=CO. The molecule has 19 heteroatoms. The summed E-state index contributed by atoms with van der Waals surface area (Å²) in [4.78, 5) is 46.5. The standard InChI is InChI=1S/C12H13N7S.C8H11N5O.C6H14N2O.CH2O2/c1-6-2-3-8(20-6)15-4-7-5-16-11-9(17-7)10(13)18-12(14)19-11;9-6-2-1-5(4-14)7(3-6)8(10)12-13-11;1-7-4-2-3-5-8-6-9;2-1-3/h2-3,5,15H,4H2,1H3,(H4,13,14,16,18,19);1-4,13H,9,11H2,(H2,10,12);6-7H,2-5H2,1H3,(H,8,9);1H,(H,2,3). The number of aldehydes is 1. The van der Waals surface area contributed by atoms with E-state index >= 15 is 0 Å². The van der Waals surface area contributed by atoms with Crippen molar-refractivity contribution in [3.05, 3.63) is 58.2 Å².